The molecular formula is C46H55NO16. The van der Waals surface area contributed by atoms with Crippen LogP contribution < -0.4 is 5.32 Å². The van der Waals surface area contributed by atoms with Crippen molar-refractivity contribution in [2.24, 2.45) is 16.7 Å². The molecule has 4 N–H and O–H groups in total. The van der Waals surface area contributed by atoms with Gasteiger partial charge < -0.3 is 49.1 Å². The predicted octanol–water partition coefficient (Wildman–Crippen LogP) is 3.40. The summed E-state index contributed by atoms with van der Waals surface area (Å²) in [4.78, 5) is 95.5. The largest absolute Gasteiger partial charge is 0.509 e. The summed E-state index contributed by atoms with van der Waals surface area (Å²) in [5.41, 5.74) is -8.93. The fraction of sp³-hybridized carbons (Fsp3) is 0.543. The number of benzene rings is 2. The molecule has 340 valence electrons. The summed E-state index contributed by atoms with van der Waals surface area (Å²) in [5, 5.41) is 40.3. The standard InChI is InChI=1S/C46H55NO16/c1-23-28(59-40(55)34(60-41(56)63-42(4,5)6)32(47-38(53)24(2)48)26-16-12-10-13-17-26)21-46(57)37(61-39(54)27-18-14-11-15-19-27)35-44(9,36(52)33(51)31(23)43(46,7)8)29(50)20-30-45(35,22-58-30)62-25(3)49/h10-19,28-30,32-35,37,50-51,57H,20-22H2,1-9H3,(H,47,53)/t28-,29-,30?,32-,33+,34+,35-,37-,44+,45?,46?/m0/s1. The Kier molecular flexibility index (Phi) is 12.6. The molecule has 0 aromatic heterocycles. The average Bonchev–Trinajstić information content (AvgIpc) is 3.20. The number of amides is 1. The molecule has 4 aliphatic rings. The van der Waals surface area contributed by atoms with E-state index in [1.165, 1.54) is 52.0 Å². The van der Waals surface area contributed by atoms with Gasteiger partial charge in [-0.05, 0) is 63.5 Å². The second-order valence-corrected chi connectivity index (χ2v) is 18.5. The second-order valence-electron chi connectivity index (χ2n) is 18.5. The van der Waals surface area contributed by atoms with E-state index in [1.807, 2.05) is 0 Å². The summed E-state index contributed by atoms with van der Waals surface area (Å²) in [6, 6.07) is 14.0. The third kappa shape index (κ3) is 8.27. The van der Waals surface area contributed by atoms with Gasteiger partial charge in [0.1, 0.15) is 41.7 Å². The fourth-order valence-electron chi connectivity index (χ4n) is 9.85. The van der Waals surface area contributed by atoms with Crippen molar-refractivity contribution in [1.82, 2.24) is 5.32 Å². The monoisotopic (exact) mass is 877 g/mol. The molecule has 63 heavy (non-hydrogen) atoms. The molecule has 11 atom stereocenters. The maximum Gasteiger partial charge on any atom is 0.509 e. The van der Waals surface area contributed by atoms with Crippen molar-refractivity contribution in [2.45, 2.75) is 135 Å². The van der Waals surface area contributed by atoms with Crippen molar-refractivity contribution in [3.05, 3.63) is 82.9 Å². The minimum absolute atomic E-state index is 0.0424. The Bertz CT molecular complexity index is 2200. The van der Waals surface area contributed by atoms with Gasteiger partial charge in [0, 0.05) is 32.1 Å². The van der Waals surface area contributed by atoms with Gasteiger partial charge in [-0.15, -0.1) is 0 Å². The van der Waals surface area contributed by atoms with Crippen LogP contribution in [0.3, 0.4) is 0 Å². The lowest BCUT2D eigenvalue weighted by Crippen LogP contribution is -2.81. The van der Waals surface area contributed by atoms with Crippen molar-refractivity contribution in [3.63, 3.8) is 0 Å². The summed E-state index contributed by atoms with van der Waals surface area (Å²) < 4.78 is 35.3. The zero-order valence-corrected chi connectivity index (χ0v) is 36.7. The zero-order chi connectivity index (χ0) is 46.6. The zero-order valence-electron chi connectivity index (χ0n) is 36.7. The number of carbonyl (C=O) groups excluding carboxylic acids is 7. The molecule has 3 aliphatic carbocycles. The molecule has 6 rings (SSSR count). The van der Waals surface area contributed by atoms with Gasteiger partial charge in [-0.2, -0.15) is 0 Å². The van der Waals surface area contributed by atoms with E-state index in [0.29, 0.717) is 0 Å². The van der Waals surface area contributed by atoms with E-state index in [9.17, 15) is 44.1 Å². The van der Waals surface area contributed by atoms with Crippen LogP contribution in [-0.4, -0.2) is 117 Å². The molecule has 2 aromatic carbocycles. The number of rotatable bonds is 10. The van der Waals surface area contributed by atoms with Crippen LogP contribution in [0.4, 0.5) is 4.79 Å². The summed E-state index contributed by atoms with van der Waals surface area (Å²) in [5.74, 6) is -7.69. The Labute approximate surface area is 364 Å². The number of esters is 3. The minimum Gasteiger partial charge on any atom is -0.455 e. The molecular weight excluding hydrogens is 822 g/mol. The van der Waals surface area contributed by atoms with Crippen LogP contribution in [-0.2, 0) is 52.4 Å². The number of aliphatic hydroxyl groups excluding tert-OH is 2. The molecule has 2 aromatic rings. The van der Waals surface area contributed by atoms with Gasteiger partial charge in [0.2, 0.25) is 11.9 Å². The third-order valence-electron chi connectivity index (χ3n) is 13.1. The molecule has 1 heterocycles. The van der Waals surface area contributed by atoms with E-state index >= 15 is 4.79 Å². The molecule has 1 amide bonds. The Morgan fingerprint density at radius 3 is 2.05 bits per heavy atom. The van der Waals surface area contributed by atoms with Crippen LogP contribution in [0.2, 0.25) is 0 Å². The van der Waals surface area contributed by atoms with Crippen LogP contribution in [0.25, 0.3) is 0 Å². The Balaban J connectivity index is 1.54. The van der Waals surface area contributed by atoms with Crippen molar-refractivity contribution in [3.8, 4) is 0 Å². The first kappa shape index (κ1) is 47.0. The molecule has 3 fully saturated rings. The number of Topliss-reactive ketones (excluding diaryl/α,β-unsaturated/α-hetero) is 2. The first-order valence-corrected chi connectivity index (χ1v) is 20.7. The smallest absolute Gasteiger partial charge is 0.455 e. The normalized spacial score (nSPS) is 31.8. The fourth-order valence-corrected chi connectivity index (χ4v) is 9.85. The van der Waals surface area contributed by atoms with E-state index < -0.39 is 124 Å². The molecule has 1 saturated heterocycles. The van der Waals surface area contributed by atoms with E-state index in [0.717, 1.165) is 13.8 Å². The summed E-state index contributed by atoms with van der Waals surface area (Å²) in [6.07, 6.45) is -12.4. The van der Waals surface area contributed by atoms with Crippen molar-refractivity contribution < 1.29 is 77.3 Å². The topological polar surface area (TPSA) is 248 Å². The SMILES string of the molecule is CC(=O)OC12COC1C[C@H](O)[C@@]1(C)C(=O)[C@H](O)C3=C(C)[C@@H](OC(=O)[C@H](OC(=O)OC(C)(C)C)[C@@H](NC(=O)C(C)=O)c4ccccc4)CC(O)([C@@H](OC(=O)c4ccccc4)[C@H]21)C3(C)C. The minimum atomic E-state index is -2.45. The lowest BCUT2D eigenvalue weighted by Gasteiger charge is -2.67. The summed E-state index contributed by atoms with van der Waals surface area (Å²) >= 11 is 0. The van der Waals surface area contributed by atoms with Crippen LogP contribution in [0, 0.1) is 16.7 Å². The van der Waals surface area contributed by atoms with E-state index in [1.54, 1.807) is 57.2 Å². The highest BCUT2D eigenvalue weighted by molar-refractivity contribution is 6.35. The molecule has 17 heteroatoms. The molecule has 3 unspecified atom stereocenters. The number of aliphatic hydroxyl groups is 3. The number of ether oxygens (including phenoxy) is 6. The number of carbonyl (C=O) groups is 7. The number of fused-ring (bicyclic) bond motifs is 5. The molecule has 0 radical (unpaired) electrons. The van der Waals surface area contributed by atoms with Gasteiger partial charge in [0.25, 0.3) is 5.91 Å². The lowest BCUT2D eigenvalue weighted by atomic mass is 9.44. The Hall–Kier alpha value is -5.49. The van der Waals surface area contributed by atoms with E-state index in [2.05, 4.69) is 5.32 Å². The Morgan fingerprint density at radius 2 is 1.51 bits per heavy atom. The predicted molar refractivity (Wildman–Crippen MR) is 218 cm³/mol. The molecule has 2 bridgehead atoms. The van der Waals surface area contributed by atoms with Crippen molar-refractivity contribution >= 4 is 41.5 Å². The van der Waals surface area contributed by atoms with Gasteiger partial charge in [0.05, 0.1) is 29.6 Å². The van der Waals surface area contributed by atoms with Crippen molar-refractivity contribution in [1.29, 1.82) is 0 Å². The van der Waals surface area contributed by atoms with Crippen LogP contribution in [0.5, 0.6) is 0 Å². The summed E-state index contributed by atoms with van der Waals surface area (Å²) in [6.45, 7) is 12.3. The van der Waals surface area contributed by atoms with Gasteiger partial charge >= 0.3 is 24.1 Å². The van der Waals surface area contributed by atoms with E-state index in [-0.39, 0.29) is 35.3 Å². The van der Waals surface area contributed by atoms with Crippen LogP contribution >= 0.6 is 0 Å². The van der Waals surface area contributed by atoms with Gasteiger partial charge in [-0.3, -0.25) is 19.2 Å². The highest BCUT2D eigenvalue weighted by atomic mass is 16.7. The molecule has 0 spiro atoms. The van der Waals surface area contributed by atoms with Gasteiger partial charge in [0.15, 0.2) is 11.4 Å². The number of nitrogens with one attached hydrogen (secondary N) is 1. The first-order chi connectivity index (χ1) is 29.3. The van der Waals surface area contributed by atoms with Crippen LogP contribution in [0.15, 0.2) is 71.8 Å². The molecule has 1 aliphatic heterocycles. The maximum absolute atomic E-state index is 15.1. The third-order valence-corrected chi connectivity index (χ3v) is 13.1. The van der Waals surface area contributed by atoms with Crippen molar-refractivity contribution in [2.75, 3.05) is 6.61 Å². The molecule has 2 saturated carbocycles. The number of ketones is 2. The highest BCUT2D eigenvalue weighted by Crippen LogP contribution is 2.64. The average molecular weight is 878 g/mol. The quantitative estimate of drug-likeness (QED) is 0.116. The van der Waals surface area contributed by atoms with Crippen LogP contribution in [0.1, 0.15) is 97.1 Å². The highest BCUT2D eigenvalue weighted by Gasteiger charge is 2.78. The van der Waals surface area contributed by atoms with E-state index in [4.69, 9.17) is 28.4 Å². The summed E-state index contributed by atoms with van der Waals surface area (Å²) in [7, 11) is 0. The first-order valence-electron chi connectivity index (χ1n) is 20.7. The molecule has 17 nitrogen and oxygen atoms in total. The van der Waals surface area contributed by atoms with Gasteiger partial charge in [-0.25, -0.2) is 14.4 Å². The maximum atomic E-state index is 15.1. The Morgan fingerprint density at radius 1 is 0.905 bits per heavy atom. The van der Waals surface area contributed by atoms with Gasteiger partial charge in [-0.1, -0.05) is 62.4 Å². The second kappa shape index (κ2) is 16.9. The lowest BCUT2D eigenvalue weighted by molar-refractivity contribution is -0.346. The number of hydrogen-bond donors (Lipinski definition) is 4. The number of hydrogen-bond acceptors (Lipinski definition) is 16.